The van der Waals surface area contributed by atoms with Gasteiger partial charge in [0.1, 0.15) is 0 Å². The normalized spacial score (nSPS) is 19.5. The predicted octanol–water partition coefficient (Wildman–Crippen LogP) is 3.42. The lowest BCUT2D eigenvalue weighted by atomic mass is 10.2. The molecule has 1 aliphatic heterocycles. The van der Waals surface area contributed by atoms with Gasteiger partial charge in [-0.3, -0.25) is 4.90 Å². The molecule has 0 atom stereocenters. The van der Waals surface area contributed by atoms with E-state index in [9.17, 15) is 0 Å². The van der Waals surface area contributed by atoms with Crippen LogP contribution in [-0.4, -0.2) is 18.0 Å². The highest BCUT2D eigenvalue weighted by molar-refractivity contribution is 9.10. The number of halogens is 1. The van der Waals surface area contributed by atoms with Crippen LogP contribution < -0.4 is 0 Å². The van der Waals surface area contributed by atoms with Crippen LogP contribution >= 0.6 is 15.9 Å². The Morgan fingerprint density at radius 3 is 2.50 bits per heavy atom. The standard InChI is InChI=1S/C11H16BrNO/c12-11-7-10(9-14-11)8-13-5-3-1-2-4-6-13/h7,9H,1-6,8H2. The summed E-state index contributed by atoms with van der Waals surface area (Å²) < 4.78 is 6.06. The minimum Gasteiger partial charge on any atom is -0.457 e. The molecule has 2 nitrogen and oxygen atoms in total. The quantitative estimate of drug-likeness (QED) is 0.808. The molecule has 3 heteroatoms. The first-order chi connectivity index (χ1) is 6.84. The Morgan fingerprint density at radius 1 is 1.21 bits per heavy atom. The molecule has 2 heterocycles. The Bertz CT molecular complexity index is 277. The van der Waals surface area contributed by atoms with Crippen LogP contribution in [0.15, 0.2) is 21.4 Å². The molecular formula is C11H16BrNO. The van der Waals surface area contributed by atoms with Crippen molar-refractivity contribution in [2.45, 2.75) is 32.2 Å². The first kappa shape index (κ1) is 10.2. The number of likely N-dealkylation sites (tertiary alicyclic amines) is 1. The molecule has 0 radical (unpaired) electrons. The Labute approximate surface area is 93.4 Å². The summed E-state index contributed by atoms with van der Waals surface area (Å²) in [5.41, 5.74) is 1.28. The molecule has 14 heavy (non-hydrogen) atoms. The van der Waals surface area contributed by atoms with Crippen molar-refractivity contribution in [2.24, 2.45) is 0 Å². The van der Waals surface area contributed by atoms with Crippen LogP contribution in [0.3, 0.4) is 0 Å². The molecule has 1 aromatic heterocycles. The summed E-state index contributed by atoms with van der Waals surface area (Å²) in [6, 6.07) is 2.06. The maximum atomic E-state index is 5.23. The van der Waals surface area contributed by atoms with Crippen molar-refractivity contribution in [2.75, 3.05) is 13.1 Å². The summed E-state index contributed by atoms with van der Waals surface area (Å²) in [6.45, 7) is 3.51. The number of hydrogen-bond donors (Lipinski definition) is 0. The molecule has 1 aromatic rings. The van der Waals surface area contributed by atoms with Gasteiger partial charge in [-0.15, -0.1) is 0 Å². The van der Waals surface area contributed by atoms with Gasteiger partial charge in [-0.1, -0.05) is 12.8 Å². The monoisotopic (exact) mass is 257 g/mol. The van der Waals surface area contributed by atoms with Crippen molar-refractivity contribution in [1.29, 1.82) is 0 Å². The molecule has 0 aromatic carbocycles. The van der Waals surface area contributed by atoms with Crippen molar-refractivity contribution >= 4 is 15.9 Å². The average Bonchev–Trinajstić information content (AvgIpc) is 2.43. The SMILES string of the molecule is Brc1cc(CN2CCCCCC2)co1. The lowest BCUT2D eigenvalue weighted by Gasteiger charge is -2.18. The van der Waals surface area contributed by atoms with Gasteiger partial charge < -0.3 is 4.42 Å². The van der Waals surface area contributed by atoms with Gasteiger partial charge in [-0.05, 0) is 47.9 Å². The topological polar surface area (TPSA) is 16.4 Å². The van der Waals surface area contributed by atoms with Crippen molar-refractivity contribution in [3.05, 3.63) is 22.6 Å². The fraction of sp³-hybridized carbons (Fsp3) is 0.636. The van der Waals surface area contributed by atoms with Crippen LogP contribution in [0.2, 0.25) is 0 Å². The van der Waals surface area contributed by atoms with Crippen LogP contribution in [0.25, 0.3) is 0 Å². The fourth-order valence-electron chi connectivity index (χ4n) is 1.98. The first-order valence-electron chi connectivity index (χ1n) is 5.30. The van der Waals surface area contributed by atoms with Crippen molar-refractivity contribution in [1.82, 2.24) is 4.90 Å². The maximum absolute atomic E-state index is 5.23. The van der Waals surface area contributed by atoms with E-state index >= 15 is 0 Å². The first-order valence-corrected chi connectivity index (χ1v) is 6.09. The van der Waals surface area contributed by atoms with Crippen LogP contribution in [0.5, 0.6) is 0 Å². The van der Waals surface area contributed by atoms with Crippen LogP contribution in [0.1, 0.15) is 31.2 Å². The van der Waals surface area contributed by atoms with Crippen molar-refractivity contribution < 1.29 is 4.42 Å². The lowest BCUT2D eigenvalue weighted by Crippen LogP contribution is -2.23. The predicted molar refractivity (Wildman–Crippen MR) is 60.2 cm³/mol. The van der Waals surface area contributed by atoms with E-state index in [1.165, 1.54) is 44.3 Å². The Kier molecular flexibility index (Phi) is 3.65. The average molecular weight is 258 g/mol. The summed E-state index contributed by atoms with van der Waals surface area (Å²) >= 11 is 3.33. The van der Waals surface area contributed by atoms with E-state index in [2.05, 4.69) is 26.9 Å². The highest BCUT2D eigenvalue weighted by Crippen LogP contribution is 2.17. The Balaban J connectivity index is 1.89. The highest BCUT2D eigenvalue weighted by atomic mass is 79.9. The molecule has 0 saturated carbocycles. The minimum atomic E-state index is 0.835. The summed E-state index contributed by atoms with van der Waals surface area (Å²) in [4.78, 5) is 2.52. The van der Waals surface area contributed by atoms with Gasteiger partial charge in [0.2, 0.25) is 0 Å². The van der Waals surface area contributed by atoms with Gasteiger partial charge in [-0.2, -0.15) is 0 Å². The summed E-state index contributed by atoms with van der Waals surface area (Å²) in [5.74, 6) is 0. The Hall–Kier alpha value is -0.280. The molecule has 0 spiro atoms. The molecule has 0 aliphatic carbocycles. The number of furan rings is 1. The van der Waals surface area contributed by atoms with Gasteiger partial charge in [0, 0.05) is 12.1 Å². The molecule has 0 unspecified atom stereocenters. The summed E-state index contributed by atoms with van der Waals surface area (Å²) in [7, 11) is 0. The molecule has 0 amide bonds. The molecule has 1 aliphatic rings. The smallest absolute Gasteiger partial charge is 0.169 e. The molecule has 0 bridgehead atoms. The van der Waals surface area contributed by atoms with Gasteiger partial charge in [0.15, 0.2) is 4.67 Å². The van der Waals surface area contributed by atoms with Gasteiger partial charge in [-0.25, -0.2) is 0 Å². The largest absolute Gasteiger partial charge is 0.457 e. The third-order valence-corrected chi connectivity index (χ3v) is 3.14. The van der Waals surface area contributed by atoms with E-state index in [0.29, 0.717) is 0 Å². The zero-order valence-corrected chi connectivity index (χ0v) is 9.92. The molecule has 0 N–H and O–H groups in total. The molecule has 78 valence electrons. The van der Waals surface area contributed by atoms with Crippen LogP contribution in [-0.2, 0) is 6.54 Å². The second kappa shape index (κ2) is 4.99. The Morgan fingerprint density at radius 2 is 1.93 bits per heavy atom. The van der Waals surface area contributed by atoms with Gasteiger partial charge >= 0.3 is 0 Å². The van der Waals surface area contributed by atoms with E-state index in [1.807, 2.05) is 6.26 Å². The van der Waals surface area contributed by atoms with Gasteiger partial charge in [0.05, 0.1) is 6.26 Å². The maximum Gasteiger partial charge on any atom is 0.169 e. The van der Waals surface area contributed by atoms with E-state index in [4.69, 9.17) is 4.42 Å². The zero-order valence-electron chi connectivity index (χ0n) is 8.34. The molecule has 1 fully saturated rings. The number of hydrogen-bond acceptors (Lipinski definition) is 2. The van der Waals surface area contributed by atoms with Gasteiger partial charge in [0.25, 0.3) is 0 Å². The van der Waals surface area contributed by atoms with E-state index in [0.717, 1.165) is 11.2 Å². The minimum absolute atomic E-state index is 0.835. The van der Waals surface area contributed by atoms with Crippen LogP contribution in [0.4, 0.5) is 0 Å². The third-order valence-electron chi connectivity index (χ3n) is 2.73. The number of rotatable bonds is 2. The number of nitrogens with zero attached hydrogens (tertiary/aromatic N) is 1. The molecule has 2 rings (SSSR count). The van der Waals surface area contributed by atoms with E-state index in [-0.39, 0.29) is 0 Å². The molecule has 1 saturated heterocycles. The fourth-order valence-corrected chi connectivity index (χ4v) is 2.37. The lowest BCUT2D eigenvalue weighted by molar-refractivity contribution is 0.276. The highest BCUT2D eigenvalue weighted by Gasteiger charge is 2.10. The second-order valence-electron chi connectivity index (χ2n) is 3.95. The second-order valence-corrected chi connectivity index (χ2v) is 4.73. The molecular weight excluding hydrogens is 242 g/mol. The third kappa shape index (κ3) is 2.85. The summed E-state index contributed by atoms with van der Waals surface area (Å²) in [6.07, 6.45) is 7.32. The summed E-state index contributed by atoms with van der Waals surface area (Å²) in [5, 5.41) is 0. The van der Waals surface area contributed by atoms with Crippen molar-refractivity contribution in [3.8, 4) is 0 Å². The van der Waals surface area contributed by atoms with Crippen LogP contribution in [0, 0.1) is 0 Å². The zero-order chi connectivity index (χ0) is 9.80. The van der Waals surface area contributed by atoms with E-state index in [1.54, 1.807) is 0 Å². The van der Waals surface area contributed by atoms with E-state index < -0.39 is 0 Å². The van der Waals surface area contributed by atoms with Crippen molar-refractivity contribution in [3.63, 3.8) is 0 Å².